The van der Waals surface area contributed by atoms with Gasteiger partial charge in [0.2, 0.25) is 11.8 Å². The number of urea groups is 1. The second kappa shape index (κ2) is 7.17. The van der Waals surface area contributed by atoms with Gasteiger partial charge in [-0.25, -0.2) is 13.6 Å². The van der Waals surface area contributed by atoms with E-state index in [0.29, 0.717) is 23.8 Å². The minimum atomic E-state index is -0.694. The lowest BCUT2D eigenvalue weighted by molar-refractivity contribution is 0.201. The van der Waals surface area contributed by atoms with Gasteiger partial charge in [-0.05, 0) is 18.6 Å². The topological polar surface area (TPSA) is 71.3 Å². The quantitative estimate of drug-likeness (QED) is 0.917. The number of nitrogens with zero attached hydrogens (tertiary/aromatic N) is 3. The molecule has 0 bridgehead atoms. The van der Waals surface area contributed by atoms with Crippen LogP contribution in [0.3, 0.4) is 0 Å². The molecule has 2 aromatic rings. The number of aromatic nitrogens is 2. The van der Waals surface area contributed by atoms with Crippen LogP contribution in [-0.4, -0.2) is 28.2 Å². The molecule has 0 fully saturated rings. The molecule has 0 spiro atoms. The molecule has 1 heterocycles. The van der Waals surface area contributed by atoms with E-state index in [1.165, 1.54) is 31.0 Å². The van der Waals surface area contributed by atoms with Crippen molar-refractivity contribution in [3.8, 4) is 0 Å². The Hall–Kier alpha value is -2.51. The molecule has 6 nitrogen and oxygen atoms in total. The molecule has 0 saturated carbocycles. The summed E-state index contributed by atoms with van der Waals surface area (Å²) < 4.78 is 32.8. The maximum absolute atomic E-state index is 13.9. The zero-order chi connectivity index (χ0) is 17.0. The average molecular weight is 324 g/mol. The van der Waals surface area contributed by atoms with Crippen molar-refractivity contribution in [2.45, 2.75) is 33.4 Å². The Balaban J connectivity index is 1.95. The van der Waals surface area contributed by atoms with Gasteiger partial charge in [0.1, 0.15) is 18.2 Å². The van der Waals surface area contributed by atoms with E-state index < -0.39 is 17.7 Å². The summed E-state index contributed by atoms with van der Waals surface area (Å²) in [5.41, 5.74) is 0.153. The standard InChI is InChI=1S/C15H18F2N4O2/c1-4-12-19-20-13(23-12)8-21(3)15(22)18-7-10-11(16)6-5-9(2)14(10)17/h5-6H,4,7-8H2,1-3H3,(H,18,22). The molecule has 1 aromatic carbocycles. The number of benzene rings is 1. The molecule has 0 radical (unpaired) electrons. The Morgan fingerprint density at radius 3 is 2.65 bits per heavy atom. The van der Waals surface area contributed by atoms with Crippen LogP contribution < -0.4 is 5.32 Å². The summed E-state index contributed by atoms with van der Waals surface area (Å²) in [6, 6.07) is 2.03. The van der Waals surface area contributed by atoms with Gasteiger partial charge < -0.3 is 14.6 Å². The number of aryl methyl sites for hydroxylation is 2. The first kappa shape index (κ1) is 16.9. The molecule has 124 valence electrons. The maximum atomic E-state index is 13.9. The largest absolute Gasteiger partial charge is 0.423 e. The Kier molecular flexibility index (Phi) is 5.25. The van der Waals surface area contributed by atoms with Crippen molar-refractivity contribution < 1.29 is 18.0 Å². The SMILES string of the molecule is CCc1nnc(CN(C)C(=O)NCc2c(F)ccc(C)c2F)o1. The highest BCUT2D eigenvalue weighted by Gasteiger charge is 2.16. The van der Waals surface area contributed by atoms with Gasteiger partial charge in [0.05, 0.1) is 6.54 Å². The van der Waals surface area contributed by atoms with E-state index in [2.05, 4.69) is 15.5 Å². The fourth-order valence-electron chi connectivity index (χ4n) is 1.95. The molecule has 0 unspecified atom stereocenters. The lowest BCUT2D eigenvalue weighted by Crippen LogP contribution is -2.36. The van der Waals surface area contributed by atoms with Crippen molar-refractivity contribution in [2.24, 2.45) is 0 Å². The summed E-state index contributed by atoms with van der Waals surface area (Å²) in [5.74, 6) is -0.567. The number of hydrogen-bond acceptors (Lipinski definition) is 4. The van der Waals surface area contributed by atoms with Gasteiger partial charge in [-0.3, -0.25) is 0 Å². The normalized spacial score (nSPS) is 10.7. The predicted molar refractivity (Wildman–Crippen MR) is 78.5 cm³/mol. The Bertz CT molecular complexity index is 703. The number of carbonyl (C=O) groups is 1. The summed E-state index contributed by atoms with van der Waals surface area (Å²) in [6.07, 6.45) is 0.606. The van der Waals surface area contributed by atoms with Gasteiger partial charge >= 0.3 is 6.03 Å². The number of carbonyl (C=O) groups excluding carboxylic acids is 1. The monoisotopic (exact) mass is 324 g/mol. The molecular weight excluding hydrogens is 306 g/mol. The molecule has 0 atom stereocenters. The minimum absolute atomic E-state index is 0.109. The number of halogens is 2. The van der Waals surface area contributed by atoms with Crippen LogP contribution in [0.2, 0.25) is 0 Å². The van der Waals surface area contributed by atoms with E-state index in [4.69, 9.17) is 4.42 Å². The van der Waals surface area contributed by atoms with Gasteiger partial charge in [0.25, 0.3) is 0 Å². The van der Waals surface area contributed by atoms with E-state index in [0.717, 1.165) is 0 Å². The summed E-state index contributed by atoms with van der Waals surface area (Å²) in [4.78, 5) is 13.3. The van der Waals surface area contributed by atoms with Crippen LogP contribution in [-0.2, 0) is 19.5 Å². The van der Waals surface area contributed by atoms with Crippen LogP contribution in [0.15, 0.2) is 16.5 Å². The molecule has 2 rings (SSSR count). The van der Waals surface area contributed by atoms with E-state index in [1.807, 2.05) is 6.92 Å². The van der Waals surface area contributed by atoms with Crippen molar-refractivity contribution in [2.75, 3.05) is 7.05 Å². The molecule has 0 saturated heterocycles. The van der Waals surface area contributed by atoms with Crippen LogP contribution in [0.25, 0.3) is 0 Å². The van der Waals surface area contributed by atoms with Crippen molar-refractivity contribution in [1.82, 2.24) is 20.4 Å². The summed E-state index contributed by atoms with van der Waals surface area (Å²) in [5, 5.41) is 10.1. The Labute approximate surface area is 132 Å². The number of rotatable bonds is 5. The van der Waals surface area contributed by atoms with E-state index in [9.17, 15) is 13.6 Å². The molecule has 23 heavy (non-hydrogen) atoms. The number of nitrogens with one attached hydrogen (secondary N) is 1. The first-order valence-electron chi connectivity index (χ1n) is 7.16. The summed E-state index contributed by atoms with van der Waals surface area (Å²) >= 11 is 0. The highest BCUT2D eigenvalue weighted by atomic mass is 19.1. The minimum Gasteiger partial charge on any atom is -0.423 e. The van der Waals surface area contributed by atoms with Crippen LogP contribution in [0.5, 0.6) is 0 Å². The lowest BCUT2D eigenvalue weighted by atomic mass is 10.1. The van der Waals surface area contributed by atoms with E-state index in [1.54, 1.807) is 0 Å². The molecule has 0 aliphatic rings. The third kappa shape index (κ3) is 4.02. The van der Waals surface area contributed by atoms with Gasteiger partial charge in [0, 0.05) is 19.0 Å². The Morgan fingerprint density at radius 1 is 1.30 bits per heavy atom. The van der Waals surface area contributed by atoms with Crippen molar-refractivity contribution in [1.29, 1.82) is 0 Å². The van der Waals surface area contributed by atoms with Crippen molar-refractivity contribution >= 4 is 6.03 Å². The predicted octanol–water partition coefficient (Wildman–Crippen LogP) is 2.56. The lowest BCUT2D eigenvalue weighted by Gasteiger charge is -2.16. The van der Waals surface area contributed by atoms with Crippen molar-refractivity contribution in [3.63, 3.8) is 0 Å². The van der Waals surface area contributed by atoms with E-state index >= 15 is 0 Å². The first-order valence-corrected chi connectivity index (χ1v) is 7.16. The fraction of sp³-hybridized carbons (Fsp3) is 0.400. The highest BCUT2D eigenvalue weighted by molar-refractivity contribution is 5.73. The van der Waals surface area contributed by atoms with Crippen LogP contribution in [0, 0.1) is 18.6 Å². The van der Waals surface area contributed by atoms with Crippen LogP contribution >= 0.6 is 0 Å². The smallest absolute Gasteiger partial charge is 0.317 e. The molecule has 8 heteroatoms. The molecule has 2 amide bonds. The van der Waals surface area contributed by atoms with Gasteiger partial charge in [-0.2, -0.15) is 0 Å². The van der Waals surface area contributed by atoms with Gasteiger partial charge in [0.15, 0.2) is 0 Å². The van der Waals surface area contributed by atoms with Crippen LogP contribution in [0.4, 0.5) is 13.6 Å². The number of amides is 2. The second-order valence-corrected chi connectivity index (χ2v) is 5.11. The molecule has 1 aromatic heterocycles. The zero-order valence-electron chi connectivity index (χ0n) is 13.2. The zero-order valence-corrected chi connectivity index (χ0v) is 13.2. The molecule has 0 aliphatic carbocycles. The Morgan fingerprint density at radius 2 is 2.00 bits per heavy atom. The maximum Gasteiger partial charge on any atom is 0.317 e. The van der Waals surface area contributed by atoms with Crippen LogP contribution in [0.1, 0.15) is 29.8 Å². The molecule has 0 aliphatic heterocycles. The second-order valence-electron chi connectivity index (χ2n) is 5.11. The first-order chi connectivity index (χ1) is 10.9. The summed E-state index contributed by atoms with van der Waals surface area (Å²) in [7, 11) is 1.52. The molecular formula is C15H18F2N4O2. The average Bonchev–Trinajstić information content (AvgIpc) is 2.98. The van der Waals surface area contributed by atoms with Gasteiger partial charge in [-0.15, -0.1) is 10.2 Å². The molecule has 1 N–H and O–H groups in total. The third-order valence-corrected chi connectivity index (χ3v) is 3.33. The van der Waals surface area contributed by atoms with E-state index in [-0.39, 0.29) is 18.7 Å². The van der Waals surface area contributed by atoms with Crippen molar-refractivity contribution in [3.05, 3.63) is 46.7 Å². The summed E-state index contributed by atoms with van der Waals surface area (Å²) in [6.45, 7) is 3.27. The fourth-order valence-corrected chi connectivity index (χ4v) is 1.95. The highest BCUT2D eigenvalue weighted by Crippen LogP contribution is 2.16. The number of hydrogen-bond donors (Lipinski definition) is 1. The third-order valence-electron chi connectivity index (χ3n) is 3.33. The van der Waals surface area contributed by atoms with Gasteiger partial charge in [-0.1, -0.05) is 13.0 Å².